The number of piperidine rings is 1. The van der Waals surface area contributed by atoms with Crippen LogP contribution in [0.5, 0.6) is 5.75 Å². The smallest absolute Gasteiger partial charge is 0.226 e. The third-order valence-electron chi connectivity index (χ3n) is 4.09. The molecule has 1 heterocycles. The summed E-state index contributed by atoms with van der Waals surface area (Å²) in [4.78, 5) is 14.1. The number of benzene rings is 1. The molecule has 6 nitrogen and oxygen atoms in total. The van der Waals surface area contributed by atoms with E-state index in [1.54, 1.807) is 18.9 Å². The Balaban J connectivity index is 1.83. The molecule has 0 radical (unpaired) electrons. The van der Waals surface area contributed by atoms with Gasteiger partial charge in [0.2, 0.25) is 15.9 Å². The molecule has 1 saturated heterocycles. The first-order chi connectivity index (χ1) is 10.9. The van der Waals surface area contributed by atoms with E-state index in [9.17, 15) is 13.2 Å². The number of nitrogens with zero attached hydrogens (tertiary/aromatic N) is 1. The molecule has 0 aliphatic carbocycles. The monoisotopic (exact) mass is 340 g/mol. The Morgan fingerprint density at radius 1 is 1.26 bits per heavy atom. The lowest BCUT2D eigenvalue weighted by molar-refractivity contribution is -0.131. The van der Waals surface area contributed by atoms with Gasteiger partial charge in [-0.3, -0.25) is 4.79 Å². The van der Waals surface area contributed by atoms with Crippen molar-refractivity contribution in [2.24, 2.45) is 0 Å². The van der Waals surface area contributed by atoms with Crippen LogP contribution in [-0.2, 0) is 21.2 Å². The molecule has 128 valence electrons. The average molecular weight is 340 g/mol. The van der Waals surface area contributed by atoms with Gasteiger partial charge in [0.1, 0.15) is 5.75 Å². The molecular formula is C16H24N2O4S. The molecule has 1 aliphatic heterocycles. The van der Waals surface area contributed by atoms with E-state index in [0.29, 0.717) is 32.4 Å². The van der Waals surface area contributed by atoms with Crippen LogP contribution in [0.15, 0.2) is 24.3 Å². The molecule has 0 bridgehead atoms. The summed E-state index contributed by atoms with van der Waals surface area (Å²) in [5.41, 5.74) is 0.949. The Kier molecular flexibility index (Phi) is 6.01. The number of amides is 1. The third kappa shape index (κ3) is 5.21. The highest BCUT2D eigenvalue weighted by molar-refractivity contribution is 7.89. The predicted molar refractivity (Wildman–Crippen MR) is 88.9 cm³/mol. The molecule has 0 aromatic heterocycles. The minimum Gasteiger partial charge on any atom is -0.497 e. The maximum absolute atomic E-state index is 12.3. The SMILES string of the molecule is CCS(=O)(=O)NC1CCN(C(=O)Cc2ccc(OC)cc2)CC1. The van der Waals surface area contributed by atoms with Crippen LogP contribution in [0.3, 0.4) is 0 Å². The number of rotatable bonds is 6. The van der Waals surface area contributed by atoms with Crippen molar-refractivity contribution >= 4 is 15.9 Å². The van der Waals surface area contributed by atoms with Crippen LogP contribution >= 0.6 is 0 Å². The fourth-order valence-electron chi connectivity index (χ4n) is 2.61. The van der Waals surface area contributed by atoms with Gasteiger partial charge in [0.25, 0.3) is 0 Å². The van der Waals surface area contributed by atoms with Gasteiger partial charge in [-0.2, -0.15) is 0 Å². The molecule has 0 saturated carbocycles. The molecule has 0 atom stereocenters. The van der Waals surface area contributed by atoms with Gasteiger partial charge < -0.3 is 9.64 Å². The van der Waals surface area contributed by atoms with Crippen LogP contribution in [0.25, 0.3) is 0 Å². The van der Waals surface area contributed by atoms with Gasteiger partial charge in [0, 0.05) is 19.1 Å². The largest absolute Gasteiger partial charge is 0.497 e. The highest BCUT2D eigenvalue weighted by Gasteiger charge is 2.25. The van der Waals surface area contributed by atoms with Crippen LogP contribution in [0, 0.1) is 0 Å². The molecule has 1 aromatic carbocycles. The minimum atomic E-state index is -3.18. The Bertz CT molecular complexity index is 620. The number of sulfonamides is 1. The summed E-state index contributed by atoms with van der Waals surface area (Å²) < 4.78 is 30.9. The lowest BCUT2D eigenvalue weighted by Crippen LogP contribution is -2.47. The summed E-state index contributed by atoms with van der Waals surface area (Å²) in [6.07, 6.45) is 1.68. The van der Waals surface area contributed by atoms with Gasteiger partial charge in [-0.25, -0.2) is 13.1 Å². The van der Waals surface area contributed by atoms with E-state index in [2.05, 4.69) is 4.72 Å². The first kappa shape index (κ1) is 17.7. The normalized spacial score (nSPS) is 16.3. The zero-order valence-electron chi connectivity index (χ0n) is 13.6. The zero-order valence-corrected chi connectivity index (χ0v) is 14.4. The van der Waals surface area contributed by atoms with E-state index in [4.69, 9.17) is 4.74 Å². The summed E-state index contributed by atoms with van der Waals surface area (Å²) in [6, 6.07) is 7.39. The lowest BCUT2D eigenvalue weighted by Gasteiger charge is -2.32. The van der Waals surface area contributed by atoms with Crippen molar-refractivity contribution in [1.29, 1.82) is 0 Å². The van der Waals surface area contributed by atoms with Crippen molar-refractivity contribution in [1.82, 2.24) is 9.62 Å². The molecule has 1 aromatic rings. The molecule has 7 heteroatoms. The highest BCUT2D eigenvalue weighted by atomic mass is 32.2. The van der Waals surface area contributed by atoms with Crippen LogP contribution in [0.1, 0.15) is 25.3 Å². The summed E-state index contributed by atoms with van der Waals surface area (Å²) >= 11 is 0. The number of carbonyl (C=O) groups is 1. The quantitative estimate of drug-likeness (QED) is 0.843. The Labute approximate surface area is 137 Å². The Morgan fingerprint density at radius 3 is 2.39 bits per heavy atom. The molecule has 2 rings (SSSR count). The van der Waals surface area contributed by atoms with Crippen LogP contribution in [0.2, 0.25) is 0 Å². The third-order valence-corrected chi connectivity index (χ3v) is 5.54. The van der Waals surface area contributed by atoms with E-state index in [-0.39, 0.29) is 17.7 Å². The zero-order chi connectivity index (χ0) is 16.9. The molecule has 23 heavy (non-hydrogen) atoms. The van der Waals surface area contributed by atoms with Crippen molar-refractivity contribution in [2.45, 2.75) is 32.2 Å². The number of carbonyl (C=O) groups excluding carboxylic acids is 1. The summed E-state index contributed by atoms with van der Waals surface area (Å²) in [6.45, 7) is 2.80. The van der Waals surface area contributed by atoms with Crippen molar-refractivity contribution in [3.63, 3.8) is 0 Å². The lowest BCUT2D eigenvalue weighted by atomic mass is 10.0. The first-order valence-corrected chi connectivity index (χ1v) is 9.49. The number of likely N-dealkylation sites (tertiary alicyclic amines) is 1. The van der Waals surface area contributed by atoms with Crippen molar-refractivity contribution in [3.05, 3.63) is 29.8 Å². The van der Waals surface area contributed by atoms with Gasteiger partial charge in [0.15, 0.2) is 0 Å². The second-order valence-electron chi connectivity index (χ2n) is 5.70. The Morgan fingerprint density at radius 2 is 1.87 bits per heavy atom. The second-order valence-corrected chi connectivity index (χ2v) is 7.74. The van der Waals surface area contributed by atoms with Crippen LogP contribution in [0.4, 0.5) is 0 Å². The van der Waals surface area contributed by atoms with E-state index in [1.165, 1.54) is 0 Å². The highest BCUT2D eigenvalue weighted by Crippen LogP contribution is 2.15. The van der Waals surface area contributed by atoms with Gasteiger partial charge in [-0.05, 0) is 37.5 Å². The standard InChI is InChI=1S/C16H24N2O4S/c1-3-23(20,21)17-14-8-10-18(11-9-14)16(19)12-13-4-6-15(22-2)7-5-13/h4-7,14,17H,3,8-12H2,1-2H3. The van der Waals surface area contributed by atoms with Crippen LogP contribution < -0.4 is 9.46 Å². The molecule has 1 amide bonds. The maximum atomic E-state index is 12.3. The second kappa shape index (κ2) is 7.79. The fourth-order valence-corrected chi connectivity index (χ4v) is 3.52. The van der Waals surface area contributed by atoms with Gasteiger partial charge >= 0.3 is 0 Å². The van der Waals surface area contributed by atoms with Gasteiger partial charge in [0.05, 0.1) is 19.3 Å². The van der Waals surface area contributed by atoms with Crippen molar-refractivity contribution in [3.8, 4) is 5.75 Å². The maximum Gasteiger partial charge on any atom is 0.226 e. The average Bonchev–Trinajstić information content (AvgIpc) is 2.56. The molecule has 0 spiro atoms. The first-order valence-electron chi connectivity index (χ1n) is 7.84. The molecular weight excluding hydrogens is 316 g/mol. The van der Waals surface area contributed by atoms with E-state index >= 15 is 0 Å². The molecule has 0 unspecified atom stereocenters. The number of hydrogen-bond donors (Lipinski definition) is 1. The van der Waals surface area contributed by atoms with E-state index in [0.717, 1.165) is 11.3 Å². The number of hydrogen-bond acceptors (Lipinski definition) is 4. The topological polar surface area (TPSA) is 75.7 Å². The summed E-state index contributed by atoms with van der Waals surface area (Å²) in [5, 5.41) is 0. The fraction of sp³-hybridized carbons (Fsp3) is 0.562. The minimum absolute atomic E-state index is 0.0648. The van der Waals surface area contributed by atoms with Crippen LogP contribution in [-0.4, -0.2) is 51.2 Å². The molecule has 1 aliphatic rings. The van der Waals surface area contributed by atoms with Crippen molar-refractivity contribution in [2.75, 3.05) is 26.0 Å². The van der Waals surface area contributed by atoms with E-state index in [1.807, 2.05) is 24.3 Å². The predicted octanol–water partition coefficient (Wildman–Crippen LogP) is 1.17. The number of ether oxygens (including phenoxy) is 1. The summed E-state index contributed by atoms with van der Waals surface area (Å²) in [7, 11) is -1.57. The Hall–Kier alpha value is -1.60. The van der Waals surface area contributed by atoms with Gasteiger partial charge in [-0.1, -0.05) is 12.1 Å². The molecule has 1 N–H and O–H groups in total. The molecule has 1 fully saturated rings. The van der Waals surface area contributed by atoms with Crippen molar-refractivity contribution < 1.29 is 17.9 Å². The number of nitrogens with one attached hydrogen (secondary N) is 1. The van der Waals surface area contributed by atoms with E-state index < -0.39 is 10.0 Å². The van der Waals surface area contributed by atoms with Gasteiger partial charge in [-0.15, -0.1) is 0 Å². The number of methoxy groups -OCH3 is 1. The summed E-state index contributed by atoms with van der Waals surface area (Å²) in [5.74, 6) is 0.932.